The number of aromatic carboxylic acids is 1. The lowest BCUT2D eigenvalue weighted by Gasteiger charge is -2.16. The number of carboxylic acid groups (broad SMARTS) is 1. The first-order chi connectivity index (χ1) is 9.77. The zero-order valence-electron chi connectivity index (χ0n) is 12.1. The predicted molar refractivity (Wildman–Crippen MR) is 84.9 cm³/mol. The molecule has 5 nitrogen and oxygen atoms in total. The Kier molecular flexibility index (Phi) is 6.54. The van der Waals surface area contributed by atoms with Gasteiger partial charge >= 0.3 is 5.97 Å². The Bertz CT molecular complexity index is 576. The Balaban J connectivity index is 2.95. The maximum Gasteiger partial charge on any atom is 0.336 e. The van der Waals surface area contributed by atoms with Crippen molar-refractivity contribution in [2.75, 3.05) is 0 Å². The highest BCUT2D eigenvalue weighted by atomic mass is 79.9. The van der Waals surface area contributed by atoms with E-state index in [0.29, 0.717) is 9.37 Å². The fourth-order valence-corrected chi connectivity index (χ4v) is 3.08. The molecule has 0 bridgehead atoms. The molecule has 0 aliphatic rings. The molecule has 21 heavy (non-hydrogen) atoms. The second kappa shape index (κ2) is 7.70. The van der Waals surface area contributed by atoms with Gasteiger partial charge in [0.1, 0.15) is 5.25 Å². The van der Waals surface area contributed by atoms with Crippen LogP contribution in [0.2, 0.25) is 0 Å². The van der Waals surface area contributed by atoms with Gasteiger partial charge in [-0.2, -0.15) is 0 Å². The fraction of sp³-hybridized carbons (Fsp3) is 0.429. The Hall–Kier alpha value is -1.21. The van der Waals surface area contributed by atoms with Gasteiger partial charge in [-0.25, -0.2) is 4.79 Å². The summed E-state index contributed by atoms with van der Waals surface area (Å²) in [5.41, 5.74) is 0.0235. The average Bonchev–Trinajstić information content (AvgIpc) is 2.45. The molecule has 0 spiro atoms. The van der Waals surface area contributed by atoms with E-state index in [-0.39, 0.29) is 17.5 Å². The Labute approximate surface area is 134 Å². The molecule has 1 aromatic rings. The summed E-state index contributed by atoms with van der Waals surface area (Å²) in [4.78, 5) is 23.4. The minimum Gasteiger partial charge on any atom is -0.478 e. The number of benzene rings is 1. The Morgan fingerprint density at radius 1 is 1.38 bits per heavy atom. The van der Waals surface area contributed by atoms with Crippen LogP contribution in [-0.2, 0) is 15.6 Å². The van der Waals surface area contributed by atoms with E-state index in [1.165, 1.54) is 12.1 Å². The summed E-state index contributed by atoms with van der Waals surface area (Å²) in [6, 6.07) is 4.42. The van der Waals surface area contributed by atoms with Crippen molar-refractivity contribution >= 4 is 38.6 Å². The summed E-state index contributed by atoms with van der Waals surface area (Å²) in [7, 11) is -1.61. The number of hydrogen-bond acceptors (Lipinski definition) is 3. The number of amides is 1. The quantitative estimate of drug-likeness (QED) is 0.799. The lowest BCUT2D eigenvalue weighted by Crippen LogP contribution is -2.40. The van der Waals surface area contributed by atoms with Gasteiger partial charge in [-0.1, -0.05) is 6.92 Å². The normalized spacial score (nSPS) is 15.0. The molecular formula is C14H18BrNO4S. The van der Waals surface area contributed by atoms with Crippen molar-refractivity contribution in [1.29, 1.82) is 0 Å². The summed E-state index contributed by atoms with van der Waals surface area (Å²) in [6.45, 7) is 5.38. The second-order valence-electron chi connectivity index (χ2n) is 4.70. The van der Waals surface area contributed by atoms with Gasteiger partial charge in [0.15, 0.2) is 0 Å². The molecule has 0 saturated carbocycles. The van der Waals surface area contributed by atoms with E-state index in [9.17, 15) is 13.8 Å². The molecule has 0 fully saturated rings. The van der Waals surface area contributed by atoms with Crippen molar-refractivity contribution in [2.45, 2.75) is 43.4 Å². The van der Waals surface area contributed by atoms with Crippen LogP contribution in [0.25, 0.3) is 0 Å². The molecule has 0 radical (unpaired) electrons. The highest BCUT2D eigenvalue weighted by molar-refractivity contribution is 9.10. The summed E-state index contributed by atoms with van der Waals surface area (Å²) in [5, 5.41) is 11.1. The first-order valence-corrected chi connectivity index (χ1v) is 8.52. The highest BCUT2D eigenvalue weighted by Gasteiger charge is 2.23. The summed E-state index contributed by atoms with van der Waals surface area (Å²) >= 11 is 3.13. The summed E-state index contributed by atoms with van der Waals surface area (Å²) < 4.78 is 12.8. The molecule has 2 N–H and O–H groups in total. The highest BCUT2D eigenvalue weighted by Crippen LogP contribution is 2.21. The SMILES string of the molecule is CCC(C)NC(=O)C(C)S(=O)c1ccc(Br)c(C(=O)O)c1. The number of carbonyl (C=O) groups excluding carboxylic acids is 1. The minimum absolute atomic E-state index is 0.0106. The van der Waals surface area contributed by atoms with Gasteiger partial charge in [-0.05, 0) is 54.4 Å². The van der Waals surface area contributed by atoms with Crippen molar-refractivity contribution in [2.24, 2.45) is 0 Å². The van der Waals surface area contributed by atoms with Gasteiger partial charge in [0, 0.05) is 15.4 Å². The standard InChI is InChI=1S/C14H18BrNO4S/c1-4-8(2)16-13(17)9(3)21(20)10-5-6-12(15)11(7-10)14(18)19/h5-9H,4H2,1-3H3,(H,16,17)(H,18,19). The summed E-state index contributed by atoms with van der Waals surface area (Å²) in [5.74, 6) is -1.42. The molecule has 0 aliphatic carbocycles. The van der Waals surface area contributed by atoms with Crippen LogP contribution >= 0.6 is 15.9 Å². The number of hydrogen-bond donors (Lipinski definition) is 2. The monoisotopic (exact) mass is 375 g/mol. The van der Waals surface area contributed by atoms with Crippen LogP contribution < -0.4 is 5.32 Å². The number of carbonyl (C=O) groups is 2. The lowest BCUT2D eigenvalue weighted by atomic mass is 10.2. The van der Waals surface area contributed by atoms with Crippen LogP contribution in [0.3, 0.4) is 0 Å². The molecular weight excluding hydrogens is 358 g/mol. The molecule has 7 heteroatoms. The number of rotatable bonds is 6. The third-order valence-electron chi connectivity index (χ3n) is 3.09. The lowest BCUT2D eigenvalue weighted by molar-refractivity contribution is -0.120. The maximum absolute atomic E-state index is 12.4. The maximum atomic E-state index is 12.4. The van der Waals surface area contributed by atoms with Gasteiger partial charge < -0.3 is 10.4 Å². The molecule has 3 unspecified atom stereocenters. The van der Waals surface area contributed by atoms with E-state index in [1.54, 1.807) is 13.0 Å². The molecule has 1 aromatic carbocycles. The van der Waals surface area contributed by atoms with Crippen LogP contribution in [0.4, 0.5) is 0 Å². The van der Waals surface area contributed by atoms with E-state index in [1.807, 2.05) is 13.8 Å². The van der Waals surface area contributed by atoms with Crippen LogP contribution in [0, 0.1) is 0 Å². The molecule has 3 atom stereocenters. The number of nitrogens with one attached hydrogen (secondary N) is 1. The zero-order valence-corrected chi connectivity index (χ0v) is 14.5. The first kappa shape index (κ1) is 17.8. The van der Waals surface area contributed by atoms with Gasteiger partial charge in [0.25, 0.3) is 0 Å². The van der Waals surface area contributed by atoms with Gasteiger partial charge in [0.05, 0.1) is 16.4 Å². The van der Waals surface area contributed by atoms with Crippen LogP contribution in [-0.4, -0.2) is 32.5 Å². The first-order valence-electron chi connectivity index (χ1n) is 6.51. The molecule has 1 amide bonds. The Morgan fingerprint density at radius 3 is 2.52 bits per heavy atom. The fourth-order valence-electron chi connectivity index (χ4n) is 1.56. The average molecular weight is 376 g/mol. The van der Waals surface area contributed by atoms with E-state index >= 15 is 0 Å². The summed E-state index contributed by atoms with van der Waals surface area (Å²) in [6.07, 6.45) is 0.784. The van der Waals surface area contributed by atoms with Gasteiger partial charge in [-0.15, -0.1) is 0 Å². The van der Waals surface area contributed by atoms with Crippen LogP contribution in [0.5, 0.6) is 0 Å². The third-order valence-corrected chi connectivity index (χ3v) is 5.36. The largest absolute Gasteiger partial charge is 0.478 e. The van der Waals surface area contributed by atoms with Gasteiger partial charge in [-0.3, -0.25) is 9.00 Å². The van der Waals surface area contributed by atoms with E-state index in [0.717, 1.165) is 6.42 Å². The third kappa shape index (κ3) is 4.64. The van der Waals surface area contributed by atoms with Crippen LogP contribution in [0.15, 0.2) is 27.6 Å². The molecule has 1 rings (SSSR count). The van der Waals surface area contributed by atoms with Crippen molar-refractivity contribution < 1.29 is 18.9 Å². The van der Waals surface area contributed by atoms with E-state index in [4.69, 9.17) is 5.11 Å². The number of halogens is 1. The van der Waals surface area contributed by atoms with Crippen molar-refractivity contribution in [1.82, 2.24) is 5.32 Å². The zero-order chi connectivity index (χ0) is 16.2. The molecule has 0 aliphatic heterocycles. The van der Waals surface area contributed by atoms with Crippen molar-refractivity contribution in [3.05, 3.63) is 28.2 Å². The van der Waals surface area contributed by atoms with Crippen molar-refractivity contribution in [3.63, 3.8) is 0 Å². The smallest absolute Gasteiger partial charge is 0.336 e. The molecule has 0 heterocycles. The predicted octanol–water partition coefficient (Wildman–Crippen LogP) is 2.56. The molecule has 0 saturated heterocycles. The van der Waals surface area contributed by atoms with Gasteiger partial charge in [0.2, 0.25) is 5.91 Å². The second-order valence-corrected chi connectivity index (χ2v) is 7.33. The van der Waals surface area contributed by atoms with E-state index < -0.39 is 22.0 Å². The topological polar surface area (TPSA) is 83.5 Å². The molecule has 116 valence electrons. The Morgan fingerprint density at radius 2 is 2.00 bits per heavy atom. The molecule has 0 aromatic heterocycles. The van der Waals surface area contributed by atoms with Crippen molar-refractivity contribution in [3.8, 4) is 0 Å². The van der Waals surface area contributed by atoms with Crippen LogP contribution in [0.1, 0.15) is 37.6 Å². The minimum atomic E-state index is -1.61. The van der Waals surface area contributed by atoms with E-state index in [2.05, 4.69) is 21.2 Å². The number of carboxylic acids is 1.